The van der Waals surface area contributed by atoms with Crippen LogP contribution in [0.2, 0.25) is 5.02 Å². The van der Waals surface area contributed by atoms with Crippen molar-refractivity contribution in [2.24, 2.45) is 5.92 Å². The molecular formula is C29H34ClN3O5S. The van der Waals surface area contributed by atoms with Crippen LogP contribution in [0.4, 0.5) is 5.69 Å². The smallest absolute Gasteiger partial charge is 0.264 e. The fourth-order valence-electron chi connectivity index (χ4n) is 3.84. The van der Waals surface area contributed by atoms with Crippen LogP contribution in [0.1, 0.15) is 26.3 Å². The number of anilines is 1. The molecule has 0 aliphatic carbocycles. The Bertz CT molecular complexity index is 1370. The molecule has 0 aromatic heterocycles. The summed E-state index contributed by atoms with van der Waals surface area (Å²) in [4.78, 5) is 28.3. The topological polar surface area (TPSA) is 96.0 Å². The summed E-state index contributed by atoms with van der Waals surface area (Å²) in [6.07, 6.45) is 0. The highest BCUT2D eigenvalue weighted by Gasteiger charge is 2.32. The predicted molar refractivity (Wildman–Crippen MR) is 153 cm³/mol. The molecule has 3 rings (SSSR count). The van der Waals surface area contributed by atoms with Crippen molar-refractivity contribution in [3.05, 3.63) is 89.4 Å². The van der Waals surface area contributed by atoms with Crippen molar-refractivity contribution < 1.29 is 22.7 Å². The molecule has 1 unspecified atom stereocenters. The van der Waals surface area contributed by atoms with Crippen molar-refractivity contribution in [2.45, 2.75) is 38.3 Å². The Morgan fingerprint density at radius 3 is 2.23 bits per heavy atom. The van der Waals surface area contributed by atoms with Gasteiger partial charge in [-0.15, -0.1) is 0 Å². The average molecular weight is 572 g/mol. The Labute approximate surface area is 235 Å². The number of amides is 2. The standard InChI is InChI=1S/C29H34ClN3O5S/c1-21(2)18-31-29(35)22(3)32(19-23-13-15-24(30)16-14-23)28(34)20-33(25-9-8-10-26(17-25)38-4)39(36,37)27-11-6-5-7-12-27/h5-17,21-22H,18-20H2,1-4H3,(H,31,35). The van der Waals surface area contributed by atoms with E-state index in [-0.39, 0.29) is 29.0 Å². The molecule has 39 heavy (non-hydrogen) atoms. The molecule has 0 bridgehead atoms. The molecule has 1 atom stereocenters. The lowest BCUT2D eigenvalue weighted by molar-refractivity contribution is -0.139. The van der Waals surface area contributed by atoms with Crippen molar-refractivity contribution in [3.8, 4) is 5.75 Å². The molecule has 10 heteroatoms. The third kappa shape index (κ3) is 7.97. The zero-order valence-electron chi connectivity index (χ0n) is 22.5. The SMILES string of the molecule is COc1cccc(N(CC(=O)N(Cc2ccc(Cl)cc2)C(C)C(=O)NCC(C)C)S(=O)(=O)c2ccccc2)c1. The predicted octanol–water partition coefficient (Wildman–Crippen LogP) is 4.73. The maximum Gasteiger partial charge on any atom is 0.264 e. The van der Waals surface area contributed by atoms with E-state index in [4.69, 9.17) is 16.3 Å². The lowest BCUT2D eigenvalue weighted by Gasteiger charge is -2.32. The van der Waals surface area contributed by atoms with Gasteiger partial charge in [-0.3, -0.25) is 13.9 Å². The molecule has 208 valence electrons. The fraction of sp³-hybridized carbons (Fsp3) is 0.310. The molecule has 0 heterocycles. The first-order valence-corrected chi connectivity index (χ1v) is 14.4. The molecule has 1 N–H and O–H groups in total. The average Bonchev–Trinajstić information content (AvgIpc) is 2.94. The molecule has 0 fully saturated rings. The molecular weight excluding hydrogens is 538 g/mol. The van der Waals surface area contributed by atoms with Gasteiger partial charge in [0.25, 0.3) is 10.0 Å². The number of hydrogen-bond donors (Lipinski definition) is 1. The quantitative estimate of drug-likeness (QED) is 0.339. The van der Waals surface area contributed by atoms with Crippen LogP contribution in [0.25, 0.3) is 0 Å². The molecule has 3 aromatic rings. The van der Waals surface area contributed by atoms with Gasteiger partial charge in [0.15, 0.2) is 0 Å². The zero-order chi connectivity index (χ0) is 28.6. The monoisotopic (exact) mass is 571 g/mol. The number of carbonyl (C=O) groups excluding carboxylic acids is 2. The number of rotatable bonds is 12. The highest BCUT2D eigenvalue weighted by molar-refractivity contribution is 7.92. The van der Waals surface area contributed by atoms with Gasteiger partial charge in [-0.1, -0.05) is 61.8 Å². The van der Waals surface area contributed by atoms with E-state index in [9.17, 15) is 18.0 Å². The summed E-state index contributed by atoms with van der Waals surface area (Å²) in [6.45, 7) is 5.59. The van der Waals surface area contributed by atoms with Gasteiger partial charge < -0.3 is 15.0 Å². The molecule has 2 amide bonds. The highest BCUT2D eigenvalue weighted by atomic mass is 35.5. The van der Waals surface area contributed by atoms with Crippen molar-refractivity contribution in [3.63, 3.8) is 0 Å². The number of halogens is 1. The lowest BCUT2D eigenvalue weighted by Crippen LogP contribution is -2.51. The minimum absolute atomic E-state index is 0.0348. The first-order valence-electron chi connectivity index (χ1n) is 12.6. The van der Waals surface area contributed by atoms with Crippen molar-refractivity contribution >= 4 is 39.1 Å². The van der Waals surface area contributed by atoms with E-state index < -0.39 is 28.5 Å². The molecule has 0 aliphatic rings. The number of nitrogens with one attached hydrogen (secondary N) is 1. The van der Waals surface area contributed by atoms with E-state index in [0.29, 0.717) is 17.3 Å². The second-order valence-electron chi connectivity index (χ2n) is 9.49. The Balaban J connectivity index is 2.01. The maximum atomic E-state index is 13.9. The van der Waals surface area contributed by atoms with Gasteiger partial charge in [0.2, 0.25) is 11.8 Å². The number of methoxy groups -OCH3 is 1. The summed E-state index contributed by atoms with van der Waals surface area (Å²) in [6, 6.07) is 20.4. The summed E-state index contributed by atoms with van der Waals surface area (Å²) in [5, 5.41) is 3.41. The summed E-state index contributed by atoms with van der Waals surface area (Å²) in [5.41, 5.74) is 1.00. The highest BCUT2D eigenvalue weighted by Crippen LogP contribution is 2.27. The summed E-state index contributed by atoms with van der Waals surface area (Å²) in [7, 11) is -2.66. The number of hydrogen-bond acceptors (Lipinski definition) is 5. The fourth-order valence-corrected chi connectivity index (χ4v) is 5.39. The molecule has 0 aliphatic heterocycles. The van der Waals surface area contributed by atoms with Gasteiger partial charge in [-0.05, 0) is 54.8 Å². The maximum absolute atomic E-state index is 13.9. The van der Waals surface area contributed by atoms with E-state index in [1.54, 1.807) is 73.7 Å². The second kappa shape index (κ2) is 13.5. The van der Waals surface area contributed by atoms with Crippen LogP contribution in [-0.2, 0) is 26.2 Å². The molecule has 8 nitrogen and oxygen atoms in total. The first-order chi connectivity index (χ1) is 18.5. The summed E-state index contributed by atoms with van der Waals surface area (Å²) in [5.74, 6) is -0.210. The number of ether oxygens (including phenoxy) is 1. The van der Waals surface area contributed by atoms with E-state index in [0.717, 1.165) is 9.87 Å². The number of nitrogens with zero attached hydrogens (tertiary/aromatic N) is 2. The van der Waals surface area contributed by atoms with Gasteiger partial charge in [-0.25, -0.2) is 8.42 Å². The normalized spacial score (nSPS) is 12.1. The lowest BCUT2D eigenvalue weighted by atomic mass is 10.1. The number of benzene rings is 3. The van der Waals surface area contributed by atoms with E-state index in [2.05, 4.69) is 5.32 Å². The van der Waals surface area contributed by atoms with E-state index >= 15 is 0 Å². The van der Waals surface area contributed by atoms with Crippen molar-refractivity contribution in [1.29, 1.82) is 0 Å². The Hall–Kier alpha value is -3.56. The van der Waals surface area contributed by atoms with E-state index in [1.807, 2.05) is 13.8 Å². The zero-order valence-corrected chi connectivity index (χ0v) is 24.1. The Morgan fingerprint density at radius 2 is 1.62 bits per heavy atom. The van der Waals surface area contributed by atoms with Gasteiger partial charge >= 0.3 is 0 Å². The largest absolute Gasteiger partial charge is 0.497 e. The molecule has 0 saturated carbocycles. The van der Waals surface area contributed by atoms with Crippen LogP contribution in [-0.4, -0.2) is 51.4 Å². The van der Waals surface area contributed by atoms with Crippen LogP contribution in [0.15, 0.2) is 83.8 Å². The Morgan fingerprint density at radius 1 is 0.949 bits per heavy atom. The minimum atomic E-state index is -4.14. The van der Waals surface area contributed by atoms with Crippen molar-refractivity contribution in [2.75, 3.05) is 24.5 Å². The molecule has 0 radical (unpaired) electrons. The van der Waals surface area contributed by atoms with Crippen LogP contribution >= 0.6 is 11.6 Å². The minimum Gasteiger partial charge on any atom is -0.497 e. The third-order valence-electron chi connectivity index (χ3n) is 6.07. The molecule has 0 saturated heterocycles. The van der Waals surface area contributed by atoms with Crippen LogP contribution in [0.5, 0.6) is 5.75 Å². The molecule has 0 spiro atoms. The van der Waals surface area contributed by atoms with E-state index in [1.165, 1.54) is 24.1 Å². The first kappa shape index (κ1) is 30.0. The van der Waals surface area contributed by atoms with Crippen LogP contribution < -0.4 is 14.4 Å². The Kier molecular flexibility index (Phi) is 10.4. The van der Waals surface area contributed by atoms with Gasteiger partial charge in [0, 0.05) is 24.2 Å². The van der Waals surface area contributed by atoms with Crippen molar-refractivity contribution in [1.82, 2.24) is 10.2 Å². The number of carbonyl (C=O) groups is 2. The summed E-state index contributed by atoms with van der Waals surface area (Å²) < 4.78 is 33.9. The second-order valence-corrected chi connectivity index (χ2v) is 11.8. The van der Waals surface area contributed by atoms with Gasteiger partial charge in [-0.2, -0.15) is 0 Å². The number of sulfonamides is 1. The summed E-state index contributed by atoms with van der Waals surface area (Å²) >= 11 is 6.04. The van der Waals surface area contributed by atoms with Crippen LogP contribution in [0.3, 0.4) is 0 Å². The van der Waals surface area contributed by atoms with Crippen LogP contribution in [0, 0.1) is 5.92 Å². The molecule has 3 aromatic carbocycles. The van der Waals surface area contributed by atoms with Gasteiger partial charge in [0.1, 0.15) is 18.3 Å². The van der Waals surface area contributed by atoms with Gasteiger partial charge in [0.05, 0.1) is 17.7 Å². The third-order valence-corrected chi connectivity index (χ3v) is 8.11.